The Morgan fingerprint density at radius 1 is 1.30 bits per heavy atom. The number of hydrogen-bond donors (Lipinski definition) is 1. The van der Waals surface area contributed by atoms with Crippen LogP contribution in [0.3, 0.4) is 0 Å². The Balaban J connectivity index is 1.59. The summed E-state index contributed by atoms with van der Waals surface area (Å²) < 4.78 is 13.8. The van der Waals surface area contributed by atoms with Crippen molar-refractivity contribution in [3.63, 3.8) is 0 Å². The highest BCUT2D eigenvalue weighted by molar-refractivity contribution is 7.11. The number of aromatic nitrogens is 2. The van der Waals surface area contributed by atoms with E-state index < -0.39 is 0 Å². The highest BCUT2D eigenvalue weighted by Gasteiger charge is 2.27. The molecular weight excluding hydrogens is 273 g/mol. The number of hydrogen-bond acceptors (Lipinski definition) is 4. The highest BCUT2D eigenvalue weighted by Crippen LogP contribution is 2.41. The zero-order valence-electron chi connectivity index (χ0n) is 11.5. The molecule has 1 N–H and O–H groups in total. The van der Waals surface area contributed by atoms with Crippen LogP contribution < -0.4 is 5.32 Å². The molecule has 1 fully saturated rings. The number of nitrogens with zero attached hydrogens (tertiary/aromatic N) is 2. The highest BCUT2D eigenvalue weighted by atomic mass is 32.1. The van der Waals surface area contributed by atoms with Crippen molar-refractivity contribution in [1.82, 2.24) is 15.5 Å². The van der Waals surface area contributed by atoms with E-state index in [4.69, 9.17) is 0 Å². The van der Waals surface area contributed by atoms with Gasteiger partial charge in [0.2, 0.25) is 0 Å². The van der Waals surface area contributed by atoms with Gasteiger partial charge in [-0.1, -0.05) is 30.4 Å². The molecule has 0 saturated heterocycles. The minimum absolute atomic E-state index is 0.132. The second kappa shape index (κ2) is 5.97. The molecule has 0 spiro atoms. The molecule has 0 atom stereocenters. The van der Waals surface area contributed by atoms with E-state index in [9.17, 15) is 4.39 Å². The zero-order chi connectivity index (χ0) is 13.9. The van der Waals surface area contributed by atoms with Gasteiger partial charge in [0.25, 0.3) is 0 Å². The fourth-order valence-corrected chi connectivity index (χ4v) is 3.24. The zero-order valence-corrected chi connectivity index (χ0v) is 12.3. The van der Waals surface area contributed by atoms with Gasteiger partial charge < -0.3 is 5.32 Å². The molecule has 5 heteroatoms. The van der Waals surface area contributed by atoms with Crippen molar-refractivity contribution in [3.8, 4) is 0 Å². The first-order chi connectivity index (χ1) is 9.78. The molecule has 1 aliphatic carbocycles. The third-order valence-corrected chi connectivity index (χ3v) is 4.67. The Labute approximate surface area is 122 Å². The summed E-state index contributed by atoms with van der Waals surface area (Å²) in [6.07, 6.45) is 3.34. The Morgan fingerprint density at radius 3 is 2.90 bits per heavy atom. The number of halogens is 1. The number of benzene rings is 1. The molecule has 1 heterocycles. The number of rotatable bonds is 6. The Bertz CT molecular complexity index is 593. The lowest BCUT2D eigenvalue weighted by molar-refractivity contribution is 0.582. The summed E-state index contributed by atoms with van der Waals surface area (Å²) >= 11 is 1.67. The average Bonchev–Trinajstić information content (AvgIpc) is 3.20. The van der Waals surface area contributed by atoms with Crippen LogP contribution in [0.1, 0.15) is 46.8 Å². The molecule has 20 heavy (non-hydrogen) atoms. The largest absolute Gasteiger partial charge is 0.306 e. The summed E-state index contributed by atoms with van der Waals surface area (Å²) in [6.45, 7) is 3.24. The van der Waals surface area contributed by atoms with Crippen molar-refractivity contribution in [2.24, 2.45) is 0 Å². The molecular formula is C15H18FN3S. The normalized spacial score (nSPS) is 14.7. The molecule has 0 unspecified atom stereocenters. The van der Waals surface area contributed by atoms with E-state index in [-0.39, 0.29) is 5.82 Å². The van der Waals surface area contributed by atoms with Gasteiger partial charge in [0.15, 0.2) is 0 Å². The third-order valence-electron chi connectivity index (χ3n) is 3.58. The van der Waals surface area contributed by atoms with Crippen molar-refractivity contribution >= 4 is 11.3 Å². The van der Waals surface area contributed by atoms with Crippen molar-refractivity contribution in [2.75, 3.05) is 0 Å². The monoisotopic (exact) mass is 291 g/mol. The first-order valence-electron chi connectivity index (χ1n) is 7.07. The number of nitrogens with one attached hydrogen (secondary N) is 1. The smallest absolute Gasteiger partial charge is 0.131 e. The predicted octanol–water partition coefficient (Wildman–Crippen LogP) is 3.41. The summed E-state index contributed by atoms with van der Waals surface area (Å²) in [7, 11) is 0. The summed E-state index contributed by atoms with van der Waals surface area (Å²) in [5.74, 6) is 0.521. The number of aryl methyl sites for hydroxylation is 1. The fraction of sp³-hybridized carbons (Fsp3) is 0.467. The van der Waals surface area contributed by atoms with E-state index in [1.807, 2.05) is 13.0 Å². The maximum atomic E-state index is 13.8. The standard InChI is InChI=1S/C15H18FN3S/c1-2-10-4-3-5-13(16)12(10)8-17-9-14-18-19-15(20-14)11-6-7-11/h3-5,11,17H,2,6-9H2,1H3. The van der Waals surface area contributed by atoms with Gasteiger partial charge in [-0.15, -0.1) is 10.2 Å². The first-order valence-corrected chi connectivity index (χ1v) is 7.89. The maximum Gasteiger partial charge on any atom is 0.131 e. The van der Waals surface area contributed by atoms with Gasteiger partial charge in [-0.05, 0) is 30.9 Å². The van der Waals surface area contributed by atoms with Gasteiger partial charge >= 0.3 is 0 Å². The predicted molar refractivity (Wildman–Crippen MR) is 78.2 cm³/mol. The van der Waals surface area contributed by atoms with Gasteiger partial charge in [0, 0.05) is 24.6 Å². The lowest BCUT2D eigenvalue weighted by Crippen LogP contribution is -2.15. The van der Waals surface area contributed by atoms with E-state index in [0.29, 0.717) is 19.0 Å². The molecule has 3 rings (SSSR count). The lowest BCUT2D eigenvalue weighted by atomic mass is 10.0. The first kappa shape index (κ1) is 13.6. The SMILES string of the molecule is CCc1cccc(F)c1CNCc1nnc(C2CC2)s1. The molecule has 1 aromatic heterocycles. The van der Waals surface area contributed by atoms with Gasteiger partial charge in [-0.2, -0.15) is 0 Å². The topological polar surface area (TPSA) is 37.8 Å². The molecule has 0 amide bonds. The van der Waals surface area contributed by atoms with E-state index in [1.54, 1.807) is 17.4 Å². The van der Waals surface area contributed by atoms with Gasteiger partial charge in [0.1, 0.15) is 15.8 Å². The van der Waals surface area contributed by atoms with E-state index >= 15 is 0 Å². The molecule has 1 saturated carbocycles. The second-order valence-corrected chi connectivity index (χ2v) is 6.24. The Morgan fingerprint density at radius 2 is 2.15 bits per heavy atom. The van der Waals surface area contributed by atoms with Crippen LogP contribution in [-0.4, -0.2) is 10.2 Å². The Kier molecular flexibility index (Phi) is 4.08. The van der Waals surface area contributed by atoms with Crippen molar-refractivity contribution in [3.05, 3.63) is 45.2 Å². The summed E-state index contributed by atoms with van der Waals surface area (Å²) in [4.78, 5) is 0. The molecule has 3 nitrogen and oxygen atoms in total. The van der Waals surface area contributed by atoms with Gasteiger partial charge in [0.05, 0.1) is 0 Å². The molecule has 106 valence electrons. The van der Waals surface area contributed by atoms with Crippen molar-refractivity contribution in [2.45, 2.75) is 45.2 Å². The average molecular weight is 291 g/mol. The summed E-state index contributed by atoms with van der Waals surface area (Å²) in [5.41, 5.74) is 1.83. The fourth-order valence-electron chi connectivity index (χ4n) is 2.26. The van der Waals surface area contributed by atoms with Crippen LogP contribution in [0.15, 0.2) is 18.2 Å². The van der Waals surface area contributed by atoms with Crippen LogP contribution in [0, 0.1) is 5.82 Å². The van der Waals surface area contributed by atoms with Crippen LogP contribution in [-0.2, 0) is 19.5 Å². The molecule has 0 aliphatic heterocycles. The Hall–Kier alpha value is -1.33. The molecule has 1 aromatic carbocycles. The molecule has 0 radical (unpaired) electrons. The molecule has 2 aromatic rings. The van der Waals surface area contributed by atoms with Crippen LogP contribution in [0.4, 0.5) is 4.39 Å². The van der Waals surface area contributed by atoms with Gasteiger partial charge in [-0.3, -0.25) is 0 Å². The summed E-state index contributed by atoms with van der Waals surface area (Å²) in [6, 6.07) is 5.27. The van der Waals surface area contributed by atoms with E-state index in [0.717, 1.165) is 27.6 Å². The van der Waals surface area contributed by atoms with Crippen LogP contribution in [0.2, 0.25) is 0 Å². The summed E-state index contributed by atoms with van der Waals surface area (Å²) in [5, 5.41) is 13.8. The quantitative estimate of drug-likeness (QED) is 0.886. The molecule has 1 aliphatic rings. The van der Waals surface area contributed by atoms with Crippen LogP contribution >= 0.6 is 11.3 Å². The second-order valence-electron chi connectivity index (χ2n) is 5.14. The van der Waals surface area contributed by atoms with Gasteiger partial charge in [-0.25, -0.2) is 4.39 Å². The molecule has 0 bridgehead atoms. The third kappa shape index (κ3) is 3.04. The van der Waals surface area contributed by atoms with Crippen LogP contribution in [0.25, 0.3) is 0 Å². The van der Waals surface area contributed by atoms with Crippen LogP contribution in [0.5, 0.6) is 0 Å². The lowest BCUT2D eigenvalue weighted by Gasteiger charge is -2.09. The minimum atomic E-state index is -0.132. The minimum Gasteiger partial charge on any atom is -0.306 e. The van der Waals surface area contributed by atoms with E-state index in [1.165, 1.54) is 18.9 Å². The van der Waals surface area contributed by atoms with Crippen molar-refractivity contribution < 1.29 is 4.39 Å². The van der Waals surface area contributed by atoms with Crippen molar-refractivity contribution in [1.29, 1.82) is 0 Å². The van der Waals surface area contributed by atoms with E-state index in [2.05, 4.69) is 15.5 Å². The maximum absolute atomic E-state index is 13.8.